The van der Waals surface area contributed by atoms with Crippen LogP contribution in [-0.2, 0) is 17.7 Å². The van der Waals surface area contributed by atoms with Crippen molar-refractivity contribution >= 4 is 39.2 Å². The van der Waals surface area contributed by atoms with Crippen LogP contribution in [0, 0.1) is 0 Å². The maximum absolute atomic E-state index is 13.0. The lowest BCUT2D eigenvalue weighted by Gasteiger charge is -2.25. The van der Waals surface area contributed by atoms with E-state index in [1.54, 1.807) is 13.0 Å². The topological polar surface area (TPSA) is 81.0 Å². The molecule has 0 unspecified atom stereocenters. The molecule has 0 radical (unpaired) electrons. The number of rotatable bonds is 7. The predicted molar refractivity (Wildman–Crippen MR) is 120 cm³/mol. The lowest BCUT2D eigenvalue weighted by Crippen LogP contribution is -2.30. The third kappa shape index (κ3) is 4.18. The molecule has 3 heterocycles. The molecule has 31 heavy (non-hydrogen) atoms. The Hall–Kier alpha value is -2.84. The number of fused-ring (bicyclic) bond motifs is 2. The Morgan fingerprint density at radius 2 is 2.06 bits per heavy atom. The molecule has 0 spiro atoms. The molecule has 8 heteroatoms. The summed E-state index contributed by atoms with van der Waals surface area (Å²) >= 11 is 1.44. The number of furan rings is 1. The van der Waals surface area contributed by atoms with E-state index in [1.807, 2.05) is 25.1 Å². The van der Waals surface area contributed by atoms with E-state index in [-0.39, 0.29) is 12.4 Å². The third-order valence-electron chi connectivity index (χ3n) is 5.32. The second kappa shape index (κ2) is 9.11. The maximum Gasteiger partial charge on any atom is 0.341 e. The molecule has 4 rings (SSSR count). The zero-order valence-electron chi connectivity index (χ0n) is 17.9. The van der Waals surface area contributed by atoms with Gasteiger partial charge in [-0.2, -0.15) is 0 Å². The van der Waals surface area contributed by atoms with Crippen molar-refractivity contribution in [1.29, 1.82) is 0 Å². The Morgan fingerprint density at radius 1 is 1.23 bits per heavy atom. The number of nitrogens with one attached hydrogen (secondary N) is 1. The number of thiophene rings is 1. The Kier molecular flexibility index (Phi) is 6.29. The van der Waals surface area contributed by atoms with Crippen molar-refractivity contribution in [2.75, 3.05) is 31.6 Å². The number of hydrogen-bond donors (Lipinski definition) is 1. The summed E-state index contributed by atoms with van der Waals surface area (Å²) in [6.07, 6.45) is 0.756. The van der Waals surface area contributed by atoms with E-state index >= 15 is 0 Å². The van der Waals surface area contributed by atoms with Gasteiger partial charge in [-0.15, -0.1) is 11.3 Å². The van der Waals surface area contributed by atoms with Gasteiger partial charge in [-0.25, -0.2) is 4.79 Å². The zero-order chi connectivity index (χ0) is 22.0. The van der Waals surface area contributed by atoms with Crippen LogP contribution in [0.25, 0.3) is 11.0 Å². The summed E-state index contributed by atoms with van der Waals surface area (Å²) in [5.74, 6) is -0.0466. The number of nitrogens with zero attached hydrogens (tertiary/aromatic N) is 1. The van der Waals surface area contributed by atoms with Gasteiger partial charge in [0.2, 0.25) is 0 Å². The first-order valence-electron chi connectivity index (χ1n) is 10.6. The Labute approximate surface area is 184 Å². The first-order valence-corrected chi connectivity index (χ1v) is 11.4. The van der Waals surface area contributed by atoms with E-state index in [4.69, 9.17) is 13.9 Å². The van der Waals surface area contributed by atoms with E-state index in [0.29, 0.717) is 28.5 Å². The van der Waals surface area contributed by atoms with Crippen LogP contribution >= 0.6 is 11.3 Å². The smallest absolute Gasteiger partial charge is 0.341 e. The van der Waals surface area contributed by atoms with Gasteiger partial charge >= 0.3 is 5.97 Å². The number of anilines is 1. The van der Waals surface area contributed by atoms with Crippen molar-refractivity contribution in [3.63, 3.8) is 0 Å². The van der Waals surface area contributed by atoms with Gasteiger partial charge in [0.15, 0.2) is 17.1 Å². The summed E-state index contributed by atoms with van der Waals surface area (Å²) in [6, 6.07) is 7.22. The minimum absolute atomic E-state index is 0.165. The number of benzene rings is 1. The molecule has 7 nitrogen and oxygen atoms in total. The summed E-state index contributed by atoms with van der Waals surface area (Å²) in [5, 5.41) is 4.19. The van der Waals surface area contributed by atoms with Crippen LogP contribution in [0.2, 0.25) is 0 Å². The first-order chi connectivity index (χ1) is 15.0. The fourth-order valence-electron chi connectivity index (χ4n) is 3.82. The van der Waals surface area contributed by atoms with Crippen molar-refractivity contribution in [1.82, 2.24) is 4.90 Å². The molecule has 0 bridgehead atoms. The first kappa shape index (κ1) is 21.4. The highest BCUT2D eigenvalue weighted by Gasteiger charge is 2.29. The number of hydrogen-bond acceptors (Lipinski definition) is 7. The largest absolute Gasteiger partial charge is 0.490 e. The Bertz CT molecular complexity index is 1120. The highest BCUT2D eigenvalue weighted by atomic mass is 32.1. The second-order valence-corrected chi connectivity index (χ2v) is 8.32. The molecule has 0 saturated carbocycles. The molecular weight excluding hydrogens is 416 g/mol. The van der Waals surface area contributed by atoms with Crippen molar-refractivity contribution < 1.29 is 23.5 Å². The molecule has 3 aromatic rings. The number of amides is 1. The molecule has 1 N–H and O–H groups in total. The standard InChI is InChI=1S/C23H26N2O5S/c1-4-25-11-10-15-18(13-25)31-22(19(15)23(27)29-6-3)24-21(26)17-12-14-8-7-9-16(28-5-2)20(14)30-17/h7-9,12H,4-6,10-11,13H2,1-3H3,(H,24,26). The summed E-state index contributed by atoms with van der Waals surface area (Å²) < 4.78 is 16.7. The number of ether oxygens (including phenoxy) is 2. The highest BCUT2D eigenvalue weighted by Crippen LogP contribution is 2.38. The molecule has 1 aliphatic heterocycles. The maximum atomic E-state index is 13.0. The van der Waals surface area contributed by atoms with Crippen LogP contribution < -0.4 is 10.1 Å². The summed E-state index contributed by atoms with van der Waals surface area (Å²) in [6.45, 7) is 9.15. The third-order valence-corrected chi connectivity index (χ3v) is 6.45. The predicted octanol–water partition coefficient (Wildman–Crippen LogP) is 4.70. The number of carbonyl (C=O) groups excluding carboxylic acids is 2. The zero-order valence-corrected chi connectivity index (χ0v) is 18.8. The molecule has 0 aliphatic carbocycles. The molecule has 1 amide bonds. The molecule has 0 fully saturated rings. The number of esters is 1. The van der Waals surface area contributed by atoms with Crippen LogP contribution in [0.4, 0.5) is 5.00 Å². The van der Waals surface area contributed by atoms with Gasteiger partial charge in [-0.3, -0.25) is 9.69 Å². The van der Waals surface area contributed by atoms with E-state index in [1.165, 1.54) is 11.3 Å². The van der Waals surface area contributed by atoms with Gasteiger partial charge < -0.3 is 19.2 Å². The van der Waals surface area contributed by atoms with Crippen LogP contribution in [0.15, 0.2) is 28.7 Å². The minimum atomic E-state index is -0.407. The van der Waals surface area contributed by atoms with E-state index in [0.717, 1.165) is 41.9 Å². The van der Waals surface area contributed by atoms with Crippen molar-refractivity contribution in [2.24, 2.45) is 0 Å². The van der Waals surface area contributed by atoms with Crippen molar-refractivity contribution in [3.05, 3.63) is 46.0 Å². The van der Waals surface area contributed by atoms with Crippen molar-refractivity contribution in [3.8, 4) is 5.75 Å². The minimum Gasteiger partial charge on any atom is -0.490 e. The van der Waals surface area contributed by atoms with E-state index in [9.17, 15) is 9.59 Å². The number of carbonyl (C=O) groups is 2. The number of para-hydroxylation sites is 1. The summed E-state index contributed by atoms with van der Waals surface area (Å²) in [7, 11) is 0. The second-order valence-electron chi connectivity index (χ2n) is 7.22. The Balaban J connectivity index is 1.66. The number of likely N-dealkylation sites (N-methyl/N-ethyl adjacent to an activating group) is 1. The molecule has 0 saturated heterocycles. The normalized spacial score (nSPS) is 13.8. The van der Waals surface area contributed by atoms with Gasteiger partial charge in [-0.05, 0) is 44.5 Å². The Morgan fingerprint density at radius 3 is 2.81 bits per heavy atom. The average molecular weight is 443 g/mol. The highest BCUT2D eigenvalue weighted by molar-refractivity contribution is 7.17. The van der Waals surface area contributed by atoms with E-state index in [2.05, 4.69) is 17.1 Å². The summed E-state index contributed by atoms with van der Waals surface area (Å²) in [4.78, 5) is 29.1. The summed E-state index contributed by atoms with van der Waals surface area (Å²) in [5.41, 5.74) is 1.98. The fourth-order valence-corrected chi connectivity index (χ4v) is 5.09. The van der Waals surface area contributed by atoms with Crippen molar-refractivity contribution in [2.45, 2.75) is 33.7 Å². The van der Waals surface area contributed by atoms with Gasteiger partial charge in [0.25, 0.3) is 5.91 Å². The molecule has 1 aliphatic rings. The lowest BCUT2D eigenvalue weighted by atomic mass is 10.0. The quantitative estimate of drug-likeness (QED) is 0.534. The van der Waals surface area contributed by atoms with Crippen LogP contribution in [0.1, 0.15) is 52.1 Å². The van der Waals surface area contributed by atoms with Crippen LogP contribution in [0.3, 0.4) is 0 Å². The van der Waals surface area contributed by atoms with Gasteiger partial charge in [-0.1, -0.05) is 19.1 Å². The molecule has 2 aromatic heterocycles. The average Bonchev–Trinajstić information content (AvgIpc) is 3.35. The van der Waals surface area contributed by atoms with Crippen LogP contribution in [-0.4, -0.2) is 43.1 Å². The molecule has 1 aromatic carbocycles. The van der Waals surface area contributed by atoms with Gasteiger partial charge in [0.1, 0.15) is 5.00 Å². The van der Waals surface area contributed by atoms with Gasteiger partial charge in [0.05, 0.1) is 18.8 Å². The fraction of sp³-hybridized carbons (Fsp3) is 0.391. The SMILES string of the molecule is CCOC(=O)c1c(NC(=O)c2cc3cccc(OCC)c3o2)sc2c1CCN(CC)C2. The molecule has 0 atom stereocenters. The van der Waals surface area contributed by atoms with Gasteiger partial charge in [0, 0.05) is 23.4 Å². The monoisotopic (exact) mass is 442 g/mol. The molecule has 164 valence electrons. The van der Waals surface area contributed by atoms with Crippen LogP contribution in [0.5, 0.6) is 5.75 Å². The van der Waals surface area contributed by atoms with E-state index < -0.39 is 11.9 Å². The molecular formula is C23H26N2O5S. The lowest BCUT2D eigenvalue weighted by molar-refractivity contribution is 0.0526.